The largest absolute Gasteiger partial charge is 0.379 e. The molecule has 0 spiro atoms. The van der Waals surface area contributed by atoms with Crippen LogP contribution in [0.2, 0.25) is 0 Å². The van der Waals surface area contributed by atoms with Crippen LogP contribution in [-0.2, 0) is 123 Å². The number of hydrogen-bond acceptors (Lipinski definition) is 26. The van der Waals surface area contributed by atoms with Gasteiger partial charge < -0.3 is 124 Å². The third-order valence-electron chi connectivity index (χ3n) is 9.87. The number of nitrogens with one attached hydrogen (secondary N) is 1. The van der Waals surface area contributed by atoms with Gasteiger partial charge in [0, 0.05) is 13.5 Å². The van der Waals surface area contributed by atoms with E-state index in [0.717, 1.165) is 0 Å². The van der Waals surface area contributed by atoms with E-state index in [0.29, 0.717) is 337 Å². The quantitative estimate of drug-likeness (QED) is 0.0629. The fourth-order valence-electron chi connectivity index (χ4n) is 5.70. The van der Waals surface area contributed by atoms with Crippen LogP contribution >= 0.6 is 0 Å². The van der Waals surface area contributed by atoms with E-state index in [1.54, 1.807) is 7.05 Å². The predicted octanol–water partition coefficient (Wildman–Crippen LogP) is 0.171. The molecule has 0 radical (unpaired) electrons. The van der Waals surface area contributed by atoms with Crippen LogP contribution in [0.15, 0.2) is 0 Å². The topological polar surface area (TPSA) is 260 Å². The smallest absolute Gasteiger partial charge is 0.222 e. The summed E-state index contributed by atoms with van der Waals surface area (Å²) in [5.41, 5.74) is 0. The maximum absolute atomic E-state index is 11.1. The molecule has 1 amide bonds. The second kappa shape index (κ2) is 77.0. The molecule has 0 heterocycles. The van der Waals surface area contributed by atoms with Crippen LogP contribution in [0.4, 0.5) is 0 Å². The minimum atomic E-state index is -0.0421. The highest BCUT2D eigenvalue weighted by atomic mass is 16.6. The first-order valence-corrected chi connectivity index (χ1v) is 28.9. The van der Waals surface area contributed by atoms with Crippen LogP contribution in [-0.4, -0.2) is 343 Å². The normalized spacial score (nSPS) is 11.6. The van der Waals surface area contributed by atoms with Crippen molar-refractivity contribution in [2.24, 2.45) is 0 Å². The van der Waals surface area contributed by atoms with E-state index in [-0.39, 0.29) is 5.91 Å². The third kappa shape index (κ3) is 76.0. The number of amides is 1. The van der Waals surface area contributed by atoms with Gasteiger partial charge in [-0.2, -0.15) is 0 Å². The van der Waals surface area contributed by atoms with Crippen molar-refractivity contribution in [2.75, 3.05) is 337 Å². The molecule has 0 fully saturated rings. The van der Waals surface area contributed by atoms with Gasteiger partial charge in [-0.1, -0.05) is 5.92 Å². The molecule has 27 heteroatoms. The van der Waals surface area contributed by atoms with Gasteiger partial charge in [0.25, 0.3) is 0 Å². The molecule has 0 aromatic carbocycles. The summed E-state index contributed by atoms with van der Waals surface area (Å²) in [5, 5.41) is 2.54. The van der Waals surface area contributed by atoms with Crippen LogP contribution in [0.25, 0.3) is 0 Å². The predicted molar refractivity (Wildman–Crippen MR) is 298 cm³/mol. The Bertz CT molecular complexity index is 1220. The molecule has 0 aromatic heterocycles. The van der Waals surface area contributed by atoms with Crippen molar-refractivity contribution in [1.29, 1.82) is 0 Å². The fraction of sp³-hybridized carbons (Fsp3) is 0.945. The first-order chi connectivity index (χ1) is 40.8. The molecule has 0 bridgehead atoms. The standard InChI is InChI=1S/C55H107NO26/c1-3-5-58-7-9-60-11-13-62-15-17-64-19-21-66-23-25-68-27-29-70-31-33-72-35-37-74-39-41-76-43-45-78-47-49-80-51-53-82-54-52-81-50-48-79-46-44-77-42-40-75-38-36-73-34-32-71-30-28-69-26-24-67-22-20-65-18-16-63-14-12-61-10-8-59-6-4-55(57)56-2/h1H,4-54H2,2H3,(H,56,57). The second-order valence-electron chi connectivity index (χ2n) is 16.4. The van der Waals surface area contributed by atoms with E-state index in [2.05, 4.69) is 11.2 Å². The highest BCUT2D eigenvalue weighted by molar-refractivity contribution is 5.75. The molecule has 0 unspecified atom stereocenters. The monoisotopic (exact) mass is 1200 g/mol. The number of carbonyl (C=O) groups excluding carboxylic acids is 1. The van der Waals surface area contributed by atoms with Crippen molar-refractivity contribution < 1.29 is 123 Å². The Morgan fingerprint density at radius 2 is 0.329 bits per heavy atom. The van der Waals surface area contributed by atoms with Crippen molar-refractivity contribution in [2.45, 2.75) is 6.42 Å². The van der Waals surface area contributed by atoms with E-state index >= 15 is 0 Å². The minimum absolute atomic E-state index is 0.0421. The molecule has 1 N–H and O–H groups in total. The average Bonchev–Trinajstić information content (AvgIpc) is 3.49. The molecule has 0 aliphatic heterocycles. The van der Waals surface area contributed by atoms with Gasteiger partial charge in [0.15, 0.2) is 0 Å². The number of ether oxygens (including phenoxy) is 25. The minimum Gasteiger partial charge on any atom is -0.379 e. The van der Waals surface area contributed by atoms with Crippen molar-refractivity contribution in [3.63, 3.8) is 0 Å². The van der Waals surface area contributed by atoms with E-state index in [1.807, 2.05) is 0 Å². The molecule has 82 heavy (non-hydrogen) atoms. The zero-order chi connectivity index (χ0) is 58.7. The molecule has 0 aliphatic carbocycles. The van der Waals surface area contributed by atoms with Crippen molar-refractivity contribution in [1.82, 2.24) is 5.32 Å². The third-order valence-corrected chi connectivity index (χ3v) is 9.87. The lowest BCUT2D eigenvalue weighted by Gasteiger charge is -2.09. The maximum atomic E-state index is 11.1. The van der Waals surface area contributed by atoms with Crippen LogP contribution in [0.5, 0.6) is 0 Å². The molecule has 0 rings (SSSR count). The number of terminal acetylenes is 1. The van der Waals surface area contributed by atoms with Gasteiger partial charge in [-0.3, -0.25) is 4.79 Å². The first-order valence-electron chi connectivity index (χ1n) is 28.9. The van der Waals surface area contributed by atoms with E-state index in [9.17, 15) is 4.79 Å². The number of rotatable bonds is 76. The number of carbonyl (C=O) groups is 1. The van der Waals surface area contributed by atoms with Gasteiger partial charge in [-0.05, 0) is 0 Å². The van der Waals surface area contributed by atoms with Gasteiger partial charge in [-0.25, -0.2) is 0 Å². The first kappa shape index (κ1) is 80.0. The Morgan fingerprint density at radius 1 is 0.220 bits per heavy atom. The van der Waals surface area contributed by atoms with Crippen molar-refractivity contribution in [3.05, 3.63) is 0 Å². The zero-order valence-corrected chi connectivity index (χ0v) is 49.8. The molecule has 27 nitrogen and oxygen atoms in total. The highest BCUT2D eigenvalue weighted by Crippen LogP contribution is 1.92. The summed E-state index contributed by atoms with van der Waals surface area (Å²) in [6, 6.07) is 0. The lowest BCUT2D eigenvalue weighted by molar-refractivity contribution is -0.121. The Balaban J connectivity index is 3.09. The molecule has 0 saturated carbocycles. The summed E-state index contributed by atoms with van der Waals surface area (Å²) in [7, 11) is 1.60. The highest BCUT2D eigenvalue weighted by Gasteiger charge is 2.01. The molecule has 0 aliphatic rings. The van der Waals surface area contributed by atoms with Gasteiger partial charge in [0.05, 0.1) is 324 Å². The van der Waals surface area contributed by atoms with Crippen LogP contribution in [0.3, 0.4) is 0 Å². The Morgan fingerprint density at radius 3 is 0.439 bits per heavy atom. The Hall–Kier alpha value is -1.97. The lowest BCUT2D eigenvalue weighted by atomic mass is 10.4. The molecular weight excluding hydrogens is 1090 g/mol. The Kier molecular flexibility index (Phi) is 75.2. The molecule has 0 aromatic rings. The molecule has 488 valence electrons. The summed E-state index contributed by atoms with van der Waals surface area (Å²) in [5.74, 6) is 2.36. The summed E-state index contributed by atoms with van der Waals surface area (Å²) in [6.45, 7) is 23.9. The van der Waals surface area contributed by atoms with Gasteiger partial charge >= 0.3 is 0 Å². The summed E-state index contributed by atoms with van der Waals surface area (Å²) >= 11 is 0. The van der Waals surface area contributed by atoms with Crippen LogP contribution in [0, 0.1) is 12.3 Å². The molecular formula is C55H107NO26. The van der Waals surface area contributed by atoms with Crippen LogP contribution < -0.4 is 5.32 Å². The molecule has 0 saturated heterocycles. The van der Waals surface area contributed by atoms with Gasteiger partial charge in [0.1, 0.15) is 6.61 Å². The summed E-state index contributed by atoms with van der Waals surface area (Å²) < 4.78 is 137. The Labute approximate surface area is 489 Å². The average molecular weight is 1200 g/mol. The molecule has 0 atom stereocenters. The van der Waals surface area contributed by atoms with E-state index in [4.69, 9.17) is 125 Å². The zero-order valence-electron chi connectivity index (χ0n) is 49.8. The SMILES string of the molecule is C#CCOCCOCCOCCOCCOCCOCCOCCOCCOCCOCCOCCOCCOCCOCCOCCOCCOCCOCCOCCOCCOCCOCCOCCOCCOCCC(=O)NC. The van der Waals surface area contributed by atoms with Crippen molar-refractivity contribution >= 4 is 5.91 Å². The van der Waals surface area contributed by atoms with E-state index < -0.39 is 0 Å². The fourth-order valence-corrected chi connectivity index (χ4v) is 5.70. The van der Waals surface area contributed by atoms with E-state index in [1.165, 1.54) is 0 Å². The van der Waals surface area contributed by atoms with Crippen molar-refractivity contribution in [3.8, 4) is 12.3 Å². The second-order valence-corrected chi connectivity index (χ2v) is 16.4. The van der Waals surface area contributed by atoms with Crippen LogP contribution in [0.1, 0.15) is 6.42 Å². The summed E-state index contributed by atoms with van der Waals surface area (Å²) in [4.78, 5) is 11.1. The number of hydrogen-bond donors (Lipinski definition) is 1. The van der Waals surface area contributed by atoms with Gasteiger partial charge in [0.2, 0.25) is 5.91 Å². The van der Waals surface area contributed by atoms with Gasteiger partial charge in [-0.15, -0.1) is 6.42 Å². The maximum Gasteiger partial charge on any atom is 0.222 e. The lowest BCUT2D eigenvalue weighted by Crippen LogP contribution is -2.20. The summed E-state index contributed by atoms with van der Waals surface area (Å²) in [6.07, 6.45) is 5.44.